The fraction of sp³-hybridized carbons (Fsp3) is 0.273. The maximum absolute atomic E-state index is 12.2. The molecule has 2 amide bonds. The second-order valence-electron chi connectivity index (χ2n) is 7.30. The molecule has 0 aliphatic carbocycles. The average molecular weight is 350 g/mol. The van der Waals surface area contributed by atoms with Crippen LogP contribution in [0.25, 0.3) is 0 Å². The molecule has 0 fully saturated rings. The van der Waals surface area contributed by atoms with Crippen molar-refractivity contribution in [3.63, 3.8) is 0 Å². The molecule has 4 heteroatoms. The monoisotopic (exact) mass is 350 g/mol. The summed E-state index contributed by atoms with van der Waals surface area (Å²) in [7, 11) is 1.71. The Kier molecular flexibility index (Phi) is 6.34. The van der Waals surface area contributed by atoms with Crippen LogP contribution in [0.15, 0.2) is 66.7 Å². The molecule has 0 aliphatic heterocycles. The van der Waals surface area contributed by atoms with Crippen molar-refractivity contribution in [1.82, 2.24) is 4.90 Å². The van der Waals surface area contributed by atoms with Crippen LogP contribution in [-0.2, 0) is 21.5 Å². The van der Waals surface area contributed by atoms with Gasteiger partial charge in [-0.1, -0.05) is 69.3 Å². The first-order chi connectivity index (χ1) is 12.3. The van der Waals surface area contributed by atoms with Crippen molar-refractivity contribution in [2.24, 2.45) is 0 Å². The van der Waals surface area contributed by atoms with E-state index in [9.17, 15) is 9.59 Å². The first-order valence-electron chi connectivity index (χ1n) is 8.65. The van der Waals surface area contributed by atoms with Gasteiger partial charge in [-0.25, -0.2) is 0 Å². The SMILES string of the molecule is CN(Cc1ccccc1)C(=O)/C=C/C(=O)Nc1ccccc1C(C)(C)C. The van der Waals surface area contributed by atoms with Crippen LogP contribution in [0.5, 0.6) is 0 Å². The van der Waals surface area contributed by atoms with Crippen molar-refractivity contribution in [2.45, 2.75) is 32.7 Å². The summed E-state index contributed by atoms with van der Waals surface area (Å²) in [5.74, 6) is -0.531. The number of amides is 2. The van der Waals surface area contributed by atoms with Gasteiger partial charge >= 0.3 is 0 Å². The van der Waals surface area contributed by atoms with Crippen molar-refractivity contribution in [3.8, 4) is 0 Å². The van der Waals surface area contributed by atoms with Gasteiger partial charge < -0.3 is 10.2 Å². The van der Waals surface area contributed by atoms with Gasteiger partial charge in [0, 0.05) is 31.4 Å². The lowest BCUT2D eigenvalue weighted by molar-refractivity contribution is -0.125. The number of carbonyl (C=O) groups is 2. The maximum Gasteiger partial charge on any atom is 0.248 e. The number of likely N-dealkylation sites (N-methyl/N-ethyl adjacent to an activating group) is 1. The van der Waals surface area contributed by atoms with Gasteiger partial charge in [0.15, 0.2) is 0 Å². The van der Waals surface area contributed by atoms with Gasteiger partial charge in [0.2, 0.25) is 11.8 Å². The lowest BCUT2D eigenvalue weighted by atomic mass is 9.86. The number of benzene rings is 2. The van der Waals surface area contributed by atoms with E-state index in [4.69, 9.17) is 0 Å². The van der Waals surface area contributed by atoms with Crippen molar-refractivity contribution in [1.29, 1.82) is 0 Å². The minimum atomic E-state index is -0.317. The molecule has 0 saturated carbocycles. The fourth-order valence-corrected chi connectivity index (χ4v) is 2.63. The summed E-state index contributed by atoms with van der Waals surface area (Å²) in [6, 6.07) is 17.4. The molecule has 0 bridgehead atoms. The molecule has 2 aromatic carbocycles. The molecule has 0 unspecified atom stereocenters. The molecule has 2 aromatic rings. The van der Waals surface area contributed by atoms with Gasteiger partial charge in [-0.05, 0) is 22.6 Å². The molecule has 0 heterocycles. The van der Waals surface area contributed by atoms with E-state index in [-0.39, 0.29) is 17.2 Å². The zero-order valence-corrected chi connectivity index (χ0v) is 15.8. The minimum Gasteiger partial charge on any atom is -0.338 e. The number of hydrogen-bond donors (Lipinski definition) is 1. The largest absolute Gasteiger partial charge is 0.338 e. The van der Waals surface area contributed by atoms with Crippen molar-refractivity contribution in [2.75, 3.05) is 12.4 Å². The topological polar surface area (TPSA) is 49.4 Å². The summed E-state index contributed by atoms with van der Waals surface area (Å²) in [5.41, 5.74) is 2.77. The Balaban J connectivity index is 1.98. The summed E-state index contributed by atoms with van der Waals surface area (Å²) < 4.78 is 0. The van der Waals surface area contributed by atoms with Gasteiger partial charge in [-0.2, -0.15) is 0 Å². The third-order valence-corrected chi connectivity index (χ3v) is 4.01. The summed E-state index contributed by atoms with van der Waals surface area (Å²) in [4.78, 5) is 26.0. The van der Waals surface area contributed by atoms with E-state index in [0.29, 0.717) is 6.54 Å². The highest BCUT2D eigenvalue weighted by molar-refractivity contribution is 6.03. The van der Waals surface area contributed by atoms with Crippen LogP contribution in [0, 0.1) is 0 Å². The molecule has 26 heavy (non-hydrogen) atoms. The quantitative estimate of drug-likeness (QED) is 0.824. The van der Waals surface area contributed by atoms with Crippen LogP contribution in [-0.4, -0.2) is 23.8 Å². The second-order valence-corrected chi connectivity index (χ2v) is 7.30. The third kappa shape index (κ3) is 5.59. The number of carbonyl (C=O) groups excluding carboxylic acids is 2. The van der Waals surface area contributed by atoms with Crippen LogP contribution >= 0.6 is 0 Å². The third-order valence-electron chi connectivity index (χ3n) is 4.01. The molecule has 2 rings (SSSR count). The normalized spacial score (nSPS) is 11.4. The maximum atomic E-state index is 12.2. The van der Waals surface area contributed by atoms with E-state index >= 15 is 0 Å². The van der Waals surface area contributed by atoms with E-state index < -0.39 is 0 Å². The number of nitrogens with zero attached hydrogens (tertiary/aromatic N) is 1. The van der Waals surface area contributed by atoms with Gasteiger partial charge in [0.1, 0.15) is 0 Å². The molecule has 0 atom stereocenters. The highest BCUT2D eigenvalue weighted by atomic mass is 16.2. The number of anilines is 1. The van der Waals surface area contributed by atoms with Crippen molar-refractivity contribution in [3.05, 3.63) is 77.9 Å². The summed E-state index contributed by atoms with van der Waals surface area (Å²) in [6.07, 6.45) is 2.58. The van der Waals surface area contributed by atoms with Gasteiger partial charge in [-0.3, -0.25) is 9.59 Å². The molecule has 0 aromatic heterocycles. The van der Waals surface area contributed by atoms with Gasteiger partial charge in [-0.15, -0.1) is 0 Å². The van der Waals surface area contributed by atoms with Crippen LogP contribution in [0.4, 0.5) is 5.69 Å². The molecular weight excluding hydrogens is 324 g/mol. The molecule has 4 nitrogen and oxygen atoms in total. The van der Waals surface area contributed by atoms with E-state index in [1.54, 1.807) is 11.9 Å². The average Bonchev–Trinajstić information content (AvgIpc) is 2.60. The lowest BCUT2D eigenvalue weighted by Gasteiger charge is -2.22. The smallest absolute Gasteiger partial charge is 0.248 e. The Hall–Kier alpha value is -2.88. The molecular formula is C22H26N2O2. The first kappa shape index (κ1) is 19.4. The van der Waals surface area contributed by atoms with Crippen LogP contribution in [0.3, 0.4) is 0 Å². The Labute approximate surface area is 155 Å². The number of nitrogens with one attached hydrogen (secondary N) is 1. The summed E-state index contributed by atoms with van der Waals surface area (Å²) in [5, 5.41) is 2.86. The van der Waals surface area contributed by atoms with Crippen LogP contribution in [0.2, 0.25) is 0 Å². The molecule has 0 radical (unpaired) electrons. The number of para-hydroxylation sites is 1. The van der Waals surface area contributed by atoms with Crippen molar-refractivity contribution >= 4 is 17.5 Å². The molecule has 0 saturated heterocycles. The molecule has 136 valence electrons. The van der Waals surface area contributed by atoms with E-state index in [1.165, 1.54) is 12.2 Å². The van der Waals surface area contributed by atoms with Crippen molar-refractivity contribution < 1.29 is 9.59 Å². The molecule has 1 N–H and O–H groups in total. The molecule has 0 aliphatic rings. The van der Waals surface area contributed by atoms with E-state index in [2.05, 4.69) is 26.1 Å². The number of rotatable bonds is 5. The van der Waals surface area contributed by atoms with Gasteiger partial charge in [0.25, 0.3) is 0 Å². The first-order valence-corrected chi connectivity index (χ1v) is 8.65. The Morgan fingerprint density at radius 2 is 1.58 bits per heavy atom. The zero-order valence-electron chi connectivity index (χ0n) is 15.8. The highest BCUT2D eigenvalue weighted by Crippen LogP contribution is 2.29. The predicted molar refractivity (Wildman–Crippen MR) is 106 cm³/mol. The predicted octanol–water partition coefficient (Wildman–Crippen LogP) is 4.14. The Morgan fingerprint density at radius 1 is 0.962 bits per heavy atom. The Morgan fingerprint density at radius 3 is 2.23 bits per heavy atom. The standard InChI is InChI=1S/C22H26N2O2/c1-22(2,3)18-12-8-9-13-19(18)23-20(25)14-15-21(26)24(4)16-17-10-6-5-7-11-17/h5-15H,16H2,1-4H3,(H,23,25)/b15-14+. The highest BCUT2D eigenvalue weighted by Gasteiger charge is 2.18. The van der Waals surface area contributed by atoms with Gasteiger partial charge in [0.05, 0.1) is 0 Å². The van der Waals surface area contributed by atoms with Crippen LogP contribution < -0.4 is 5.32 Å². The van der Waals surface area contributed by atoms with Crippen LogP contribution in [0.1, 0.15) is 31.9 Å². The fourth-order valence-electron chi connectivity index (χ4n) is 2.63. The number of hydrogen-bond acceptors (Lipinski definition) is 2. The summed E-state index contributed by atoms with van der Waals surface area (Å²) >= 11 is 0. The Bertz CT molecular complexity index is 789. The van der Waals surface area contributed by atoms with E-state index in [1.807, 2.05) is 54.6 Å². The van der Waals surface area contributed by atoms with E-state index in [0.717, 1.165) is 16.8 Å². The zero-order chi connectivity index (χ0) is 19.2. The second kappa shape index (κ2) is 8.48. The lowest BCUT2D eigenvalue weighted by Crippen LogP contribution is -2.24. The molecule has 0 spiro atoms. The summed E-state index contributed by atoms with van der Waals surface area (Å²) in [6.45, 7) is 6.78. The minimum absolute atomic E-state index is 0.0840.